The molecule has 1 aliphatic heterocycles. The number of aryl methyl sites for hydroxylation is 1. The van der Waals surface area contributed by atoms with E-state index < -0.39 is 0 Å². The van der Waals surface area contributed by atoms with Crippen LogP contribution in [0.2, 0.25) is 0 Å². The van der Waals surface area contributed by atoms with Crippen molar-refractivity contribution in [3.05, 3.63) is 53.2 Å². The van der Waals surface area contributed by atoms with Gasteiger partial charge in [0.05, 0.1) is 11.0 Å². The van der Waals surface area contributed by atoms with Crippen molar-refractivity contribution in [3.63, 3.8) is 0 Å². The Hall–Kier alpha value is -3.16. The standard InChI is InChI=1S/C19H22N6O2/c1-2-24-15-6-3-4-7-16(15)25(19(24)27)14-17(26)22-10-12-23(13-11-22)18-20-8-5-9-21-18/h3-9H,2,10-14H2,1H3. The number of anilines is 1. The van der Waals surface area contributed by atoms with Gasteiger partial charge in [-0.05, 0) is 25.1 Å². The average molecular weight is 366 g/mol. The topological polar surface area (TPSA) is 76.3 Å². The summed E-state index contributed by atoms with van der Waals surface area (Å²) in [6.45, 7) is 5.13. The number of benzene rings is 1. The Morgan fingerprint density at radius 1 is 0.963 bits per heavy atom. The van der Waals surface area contributed by atoms with Crippen LogP contribution in [0.15, 0.2) is 47.5 Å². The molecule has 1 aromatic carbocycles. The van der Waals surface area contributed by atoms with Gasteiger partial charge in [0.2, 0.25) is 11.9 Å². The van der Waals surface area contributed by atoms with Crippen LogP contribution in [0.4, 0.5) is 5.95 Å². The molecule has 3 aromatic rings. The van der Waals surface area contributed by atoms with Crippen molar-refractivity contribution in [2.75, 3.05) is 31.1 Å². The summed E-state index contributed by atoms with van der Waals surface area (Å²) < 4.78 is 3.28. The van der Waals surface area contributed by atoms with Crippen LogP contribution in [0.1, 0.15) is 6.92 Å². The highest BCUT2D eigenvalue weighted by Crippen LogP contribution is 2.14. The number of rotatable bonds is 4. The zero-order chi connectivity index (χ0) is 18.8. The molecule has 1 amide bonds. The van der Waals surface area contributed by atoms with Crippen LogP contribution in [0, 0.1) is 0 Å². The zero-order valence-electron chi connectivity index (χ0n) is 15.3. The summed E-state index contributed by atoms with van der Waals surface area (Å²) in [5.74, 6) is 0.650. The lowest BCUT2D eigenvalue weighted by Gasteiger charge is -2.34. The third-order valence-corrected chi connectivity index (χ3v) is 5.00. The van der Waals surface area contributed by atoms with Gasteiger partial charge in [0, 0.05) is 45.1 Å². The second-order valence-electron chi connectivity index (χ2n) is 6.52. The summed E-state index contributed by atoms with van der Waals surface area (Å²) in [6, 6.07) is 9.39. The van der Waals surface area contributed by atoms with E-state index in [0.717, 1.165) is 11.0 Å². The molecule has 27 heavy (non-hydrogen) atoms. The Morgan fingerprint density at radius 3 is 2.22 bits per heavy atom. The number of nitrogens with zero attached hydrogens (tertiary/aromatic N) is 6. The fourth-order valence-electron chi connectivity index (χ4n) is 3.58. The van der Waals surface area contributed by atoms with Crippen LogP contribution >= 0.6 is 0 Å². The van der Waals surface area contributed by atoms with Gasteiger partial charge < -0.3 is 9.80 Å². The van der Waals surface area contributed by atoms with Crippen LogP contribution in [-0.2, 0) is 17.9 Å². The maximum absolute atomic E-state index is 12.8. The number of hydrogen-bond donors (Lipinski definition) is 0. The summed E-state index contributed by atoms with van der Waals surface area (Å²) in [4.78, 5) is 37.9. The predicted octanol–water partition coefficient (Wildman–Crippen LogP) is 0.962. The highest BCUT2D eigenvalue weighted by molar-refractivity contribution is 5.81. The Bertz CT molecular complexity index is 1000. The maximum atomic E-state index is 12.8. The molecule has 0 aliphatic carbocycles. The molecule has 1 saturated heterocycles. The third kappa shape index (κ3) is 3.18. The Labute approximate surface area is 156 Å². The van der Waals surface area contributed by atoms with Gasteiger partial charge >= 0.3 is 5.69 Å². The summed E-state index contributed by atoms with van der Waals surface area (Å²) >= 11 is 0. The molecule has 4 rings (SSSR count). The molecule has 0 N–H and O–H groups in total. The van der Waals surface area contributed by atoms with Crippen molar-refractivity contribution in [1.82, 2.24) is 24.0 Å². The Balaban J connectivity index is 1.49. The van der Waals surface area contributed by atoms with Crippen LogP contribution in [0.25, 0.3) is 11.0 Å². The average Bonchev–Trinajstić information content (AvgIpc) is 2.99. The van der Waals surface area contributed by atoms with E-state index in [2.05, 4.69) is 14.9 Å². The highest BCUT2D eigenvalue weighted by atomic mass is 16.2. The first kappa shape index (κ1) is 17.3. The first-order valence-corrected chi connectivity index (χ1v) is 9.17. The number of imidazole rings is 1. The van der Waals surface area contributed by atoms with Crippen molar-refractivity contribution in [3.8, 4) is 0 Å². The van der Waals surface area contributed by atoms with E-state index in [9.17, 15) is 9.59 Å². The molecule has 2 aromatic heterocycles. The molecule has 8 nitrogen and oxygen atoms in total. The lowest BCUT2D eigenvalue weighted by molar-refractivity contribution is -0.132. The molecule has 0 bridgehead atoms. The number of carbonyl (C=O) groups is 1. The van der Waals surface area contributed by atoms with E-state index in [0.29, 0.717) is 38.7 Å². The fraction of sp³-hybridized carbons (Fsp3) is 0.368. The predicted molar refractivity (Wildman–Crippen MR) is 103 cm³/mol. The van der Waals surface area contributed by atoms with Crippen molar-refractivity contribution < 1.29 is 4.79 Å². The number of fused-ring (bicyclic) bond motifs is 1. The molecule has 0 saturated carbocycles. The van der Waals surface area contributed by atoms with Crippen molar-refractivity contribution in [1.29, 1.82) is 0 Å². The molecule has 0 unspecified atom stereocenters. The largest absolute Gasteiger partial charge is 0.338 e. The second kappa shape index (κ2) is 7.22. The monoisotopic (exact) mass is 366 g/mol. The minimum Gasteiger partial charge on any atom is -0.338 e. The van der Waals surface area contributed by atoms with Crippen molar-refractivity contribution >= 4 is 22.9 Å². The highest BCUT2D eigenvalue weighted by Gasteiger charge is 2.24. The summed E-state index contributed by atoms with van der Waals surface area (Å²) in [5, 5.41) is 0. The minimum atomic E-state index is -0.136. The number of aromatic nitrogens is 4. The van der Waals surface area contributed by atoms with Gasteiger partial charge in [0.1, 0.15) is 6.54 Å². The van der Waals surface area contributed by atoms with Crippen LogP contribution < -0.4 is 10.6 Å². The number of piperazine rings is 1. The van der Waals surface area contributed by atoms with E-state index in [-0.39, 0.29) is 18.1 Å². The van der Waals surface area contributed by atoms with E-state index >= 15 is 0 Å². The molecule has 0 atom stereocenters. The van der Waals surface area contributed by atoms with Gasteiger partial charge in [-0.2, -0.15) is 0 Å². The first-order valence-electron chi connectivity index (χ1n) is 9.17. The first-order chi connectivity index (χ1) is 13.2. The number of hydrogen-bond acceptors (Lipinski definition) is 5. The quantitative estimate of drug-likeness (QED) is 0.687. The fourth-order valence-corrected chi connectivity index (χ4v) is 3.58. The summed E-state index contributed by atoms with van der Waals surface area (Å²) in [5.41, 5.74) is 1.53. The van der Waals surface area contributed by atoms with Gasteiger partial charge in [-0.25, -0.2) is 14.8 Å². The molecule has 1 aliphatic rings. The summed E-state index contributed by atoms with van der Waals surface area (Å²) in [6.07, 6.45) is 3.44. The molecule has 8 heteroatoms. The van der Waals surface area contributed by atoms with E-state index in [1.807, 2.05) is 36.1 Å². The Morgan fingerprint density at radius 2 is 1.59 bits per heavy atom. The number of para-hydroxylation sites is 2. The normalized spacial score (nSPS) is 14.7. The van der Waals surface area contributed by atoms with Crippen LogP contribution in [0.3, 0.4) is 0 Å². The van der Waals surface area contributed by atoms with Gasteiger partial charge in [-0.3, -0.25) is 13.9 Å². The third-order valence-electron chi connectivity index (χ3n) is 5.00. The lowest BCUT2D eigenvalue weighted by Crippen LogP contribution is -2.50. The molecular weight excluding hydrogens is 344 g/mol. The lowest BCUT2D eigenvalue weighted by atomic mass is 10.3. The number of carbonyl (C=O) groups excluding carboxylic acids is 1. The van der Waals surface area contributed by atoms with E-state index in [1.165, 1.54) is 0 Å². The van der Waals surface area contributed by atoms with Crippen molar-refractivity contribution in [2.45, 2.75) is 20.0 Å². The van der Waals surface area contributed by atoms with E-state index in [1.54, 1.807) is 27.6 Å². The molecular formula is C19H22N6O2. The van der Waals surface area contributed by atoms with Gasteiger partial charge in [-0.1, -0.05) is 12.1 Å². The van der Waals surface area contributed by atoms with Crippen LogP contribution in [-0.4, -0.2) is 56.1 Å². The molecule has 3 heterocycles. The zero-order valence-corrected chi connectivity index (χ0v) is 15.3. The van der Waals surface area contributed by atoms with Crippen LogP contribution in [0.5, 0.6) is 0 Å². The second-order valence-corrected chi connectivity index (χ2v) is 6.52. The van der Waals surface area contributed by atoms with Gasteiger partial charge in [0.25, 0.3) is 0 Å². The molecule has 140 valence electrons. The molecule has 0 spiro atoms. The van der Waals surface area contributed by atoms with Gasteiger partial charge in [0.15, 0.2) is 0 Å². The Kier molecular flexibility index (Phi) is 4.62. The van der Waals surface area contributed by atoms with Gasteiger partial charge in [-0.15, -0.1) is 0 Å². The minimum absolute atomic E-state index is 0.0373. The SMILES string of the molecule is CCn1c(=O)n(CC(=O)N2CCN(c3ncccn3)CC2)c2ccccc21. The number of amides is 1. The summed E-state index contributed by atoms with van der Waals surface area (Å²) in [7, 11) is 0. The molecule has 0 radical (unpaired) electrons. The van der Waals surface area contributed by atoms with E-state index in [4.69, 9.17) is 0 Å². The smallest absolute Gasteiger partial charge is 0.329 e. The van der Waals surface area contributed by atoms with Crippen molar-refractivity contribution in [2.24, 2.45) is 0 Å². The molecule has 1 fully saturated rings. The maximum Gasteiger partial charge on any atom is 0.329 e.